The molecule has 7 rings (SSSR count). The van der Waals surface area contributed by atoms with Crippen molar-refractivity contribution in [2.75, 3.05) is 0 Å². The number of hydrogen-bond acceptors (Lipinski definition) is 6. The summed E-state index contributed by atoms with van der Waals surface area (Å²) in [5.74, 6) is 2.27. The molecule has 0 heterocycles. The van der Waals surface area contributed by atoms with Crippen LogP contribution in [0.5, 0.6) is 23.0 Å². The van der Waals surface area contributed by atoms with Crippen LogP contribution in [0.3, 0.4) is 0 Å². The van der Waals surface area contributed by atoms with Crippen LogP contribution in [0, 0.1) is 13.8 Å². The van der Waals surface area contributed by atoms with E-state index in [0.717, 1.165) is 28.7 Å². The lowest BCUT2D eigenvalue weighted by Gasteiger charge is -2.10. The number of aryl methyl sites for hydroxylation is 2. The number of ether oxygens (including phenoxy) is 2. The summed E-state index contributed by atoms with van der Waals surface area (Å²) in [6.45, 7) is 3.96. The molecule has 53 heavy (non-hydrogen) atoms. The van der Waals surface area contributed by atoms with Crippen molar-refractivity contribution in [2.45, 2.75) is 39.9 Å². The molecule has 0 spiro atoms. The Hall–Kier alpha value is -5.96. The van der Waals surface area contributed by atoms with E-state index in [0.29, 0.717) is 23.0 Å². The van der Waals surface area contributed by atoms with Gasteiger partial charge < -0.3 is 9.47 Å². The number of sulfone groups is 2. The van der Waals surface area contributed by atoms with E-state index in [9.17, 15) is 16.8 Å². The zero-order chi connectivity index (χ0) is 37.0. The van der Waals surface area contributed by atoms with Gasteiger partial charge in [-0.15, -0.1) is 0 Å². The molecule has 0 saturated heterocycles. The van der Waals surface area contributed by atoms with Crippen molar-refractivity contribution in [3.8, 4) is 34.1 Å². The zero-order valence-corrected chi connectivity index (χ0v) is 30.8. The van der Waals surface area contributed by atoms with Gasteiger partial charge in [0.1, 0.15) is 23.0 Å². The molecule has 0 aromatic heterocycles. The molecule has 0 N–H and O–H groups in total. The molecule has 0 fully saturated rings. The molecule has 0 aliphatic heterocycles. The van der Waals surface area contributed by atoms with Gasteiger partial charge in [-0.3, -0.25) is 0 Å². The van der Waals surface area contributed by atoms with E-state index in [1.54, 1.807) is 84.9 Å². The van der Waals surface area contributed by atoms with Gasteiger partial charge in [-0.1, -0.05) is 83.9 Å². The predicted molar refractivity (Wildman–Crippen MR) is 207 cm³/mol. The first-order valence-electron chi connectivity index (χ1n) is 17.0. The van der Waals surface area contributed by atoms with Crippen LogP contribution in [0.1, 0.15) is 22.3 Å². The molecule has 0 atom stereocenters. The van der Waals surface area contributed by atoms with Gasteiger partial charge in [-0.05, 0) is 140 Å². The minimum absolute atomic E-state index is 0.196. The summed E-state index contributed by atoms with van der Waals surface area (Å²) in [4.78, 5) is 0.895. The molecule has 0 unspecified atom stereocenters. The Kier molecular flexibility index (Phi) is 10.00. The Morgan fingerprint density at radius 3 is 0.925 bits per heavy atom. The third kappa shape index (κ3) is 8.25. The van der Waals surface area contributed by atoms with Gasteiger partial charge in [0.15, 0.2) is 0 Å². The maximum atomic E-state index is 13.3. The molecule has 7 aromatic carbocycles. The lowest BCUT2D eigenvalue weighted by molar-refractivity contribution is 0.481. The van der Waals surface area contributed by atoms with Crippen LogP contribution in [-0.2, 0) is 26.1 Å². The fourth-order valence-corrected chi connectivity index (χ4v) is 8.32. The quantitative estimate of drug-likeness (QED) is 0.131. The fraction of sp³-hybridized carbons (Fsp3) is 0.0667. The summed E-state index contributed by atoms with van der Waals surface area (Å²) in [6.07, 6.45) is 0.735. The Morgan fingerprint density at radius 2 is 0.585 bits per heavy atom. The molecule has 0 saturated carbocycles. The molecule has 0 bridgehead atoms. The third-order valence-corrected chi connectivity index (χ3v) is 12.4. The molecule has 0 aliphatic carbocycles. The van der Waals surface area contributed by atoms with Gasteiger partial charge in [-0.25, -0.2) is 16.8 Å². The molecule has 0 aliphatic rings. The first-order chi connectivity index (χ1) is 25.5. The predicted octanol–water partition coefficient (Wildman–Crippen LogP) is 10.8. The van der Waals surface area contributed by atoms with Crippen LogP contribution in [0.15, 0.2) is 189 Å². The SMILES string of the molecule is Cc1ccc(Cc2ccc(S(=O)(=O)c3ccc(Oc4ccc(-c5ccc(Oc6ccc(S(=O)(=O)c7ccc(C)cc7)cc6)cc5)cc4)cc3)cc2)cc1. The van der Waals surface area contributed by atoms with Crippen LogP contribution in [0.4, 0.5) is 0 Å². The Labute approximate surface area is 310 Å². The van der Waals surface area contributed by atoms with Crippen molar-refractivity contribution in [2.24, 2.45) is 0 Å². The molecule has 6 nitrogen and oxygen atoms in total. The van der Waals surface area contributed by atoms with Crippen molar-refractivity contribution in [3.63, 3.8) is 0 Å². The summed E-state index contributed by atoms with van der Waals surface area (Å²) in [7, 11) is -7.30. The average molecular weight is 737 g/mol. The van der Waals surface area contributed by atoms with E-state index in [1.165, 1.54) is 11.1 Å². The monoisotopic (exact) mass is 736 g/mol. The Bertz CT molecular complexity index is 2540. The van der Waals surface area contributed by atoms with Gasteiger partial charge in [0.2, 0.25) is 19.7 Å². The Balaban J connectivity index is 0.945. The van der Waals surface area contributed by atoms with Crippen LogP contribution in [0.25, 0.3) is 11.1 Å². The fourth-order valence-electron chi connectivity index (χ4n) is 5.79. The highest BCUT2D eigenvalue weighted by Crippen LogP contribution is 2.31. The molecule has 0 amide bonds. The van der Waals surface area contributed by atoms with E-state index in [4.69, 9.17) is 9.47 Å². The number of rotatable bonds is 11. The van der Waals surface area contributed by atoms with Gasteiger partial charge in [0.05, 0.1) is 19.6 Å². The second-order valence-corrected chi connectivity index (χ2v) is 16.7. The van der Waals surface area contributed by atoms with Crippen molar-refractivity contribution < 1.29 is 26.3 Å². The van der Waals surface area contributed by atoms with Crippen LogP contribution >= 0.6 is 0 Å². The summed E-state index contributed by atoms with van der Waals surface area (Å²) in [6, 6.07) is 50.2. The van der Waals surface area contributed by atoms with Gasteiger partial charge in [-0.2, -0.15) is 0 Å². The summed E-state index contributed by atoms with van der Waals surface area (Å²) >= 11 is 0. The second kappa shape index (κ2) is 14.9. The van der Waals surface area contributed by atoms with Crippen molar-refractivity contribution >= 4 is 19.7 Å². The van der Waals surface area contributed by atoms with Crippen LogP contribution in [0.2, 0.25) is 0 Å². The minimum Gasteiger partial charge on any atom is -0.457 e. The highest BCUT2D eigenvalue weighted by Gasteiger charge is 2.19. The highest BCUT2D eigenvalue weighted by atomic mass is 32.2. The van der Waals surface area contributed by atoms with Gasteiger partial charge >= 0.3 is 0 Å². The first kappa shape index (κ1) is 35.4. The van der Waals surface area contributed by atoms with E-state index in [2.05, 4.69) is 31.2 Å². The van der Waals surface area contributed by atoms with E-state index in [1.807, 2.05) is 67.6 Å². The topological polar surface area (TPSA) is 86.7 Å². The number of hydrogen-bond donors (Lipinski definition) is 0. The molecule has 0 radical (unpaired) electrons. The third-order valence-electron chi connectivity index (χ3n) is 8.88. The molecule has 7 aromatic rings. The van der Waals surface area contributed by atoms with Crippen molar-refractivity contribution in [1.29, 1.82) is 0 Å². The molecular formula is C45H36O6S2. The van der Waals surface area contributed by atoms with Crippen LogP contribution in [-0.4, -0.2) is 16.8 Å². The van der Waals surface area contributed by atoms with E-state index in [-0.39, 0.29) is 19.6 Å². The van der Waals surface area contributed by atoms with E-state index < -0.39 is 19.7 Å². The average Bonchev–Trinajstić information content (AvgIpc) is 3.17. The maximum absolute atomic E-state index is 13.3. The first-order valence-corrected chi connectivity index (χ1v) is 20.0. The molecule has 264 valence electrons. The largest absolute Gasteiger partial charge is 0.457 e. The summed E-state index contributed by atoms with van der Waals surface area (Å²) < 4.78 is 64.6. The Morgan fingerprint density at radius 1 is 0.340 bits per heavy atom. The normalized spacial score (nSPS) is 11.6. The number of benzene rings is 7. The lowest BCUT2D eigenvalue weighted by Crippen LogP contribution is -2.02. The molecule has 8 heteroatoms. The minimum atomic E-state index is -3.69. The maximum Gasteiger partial charge on any atom is 0.206 e. The smallest absolute Gasteiger partial charge is 0.206 e. The standard InChI is InChI=1S/C45H36O6S2/c1-32-3-7-34(8-4-32)31-35-9-25-43(26-10-35)53(48,49)45-29-21-41(22-30-45)51-39-17-13-37(14-18-39)36-11-15-38(16-12-36)50-40-19-27-44(28-20-40)52(46,47)42-23-5-33(2)6-24-42/h3-30H,31H2,1-2H3. The van der Waals surface area contributed by atoms with Gasteiger partial charge in [0.25, 0.3) is 0 Å². The van der Waals surface area contributed by atoms with Crippen molar-refractivity contribution in [3.05, 3.63) is 192 Å². The van der Waals surface area contributed by atoms with Crippen molar-refractivity contribution in [1.82, 2.24) is 0 Å². The zero-order valence-electron chi connectivity index (χ0n) is 29.1. The summed E-state index contributed by atoms with van der Waals surface area (Å²) in [5, 5.41) is 0. The highest BCUT2D eigenvalue weighted by molar-refractivity contribution is 7.91. The van der Waals surface area contributed by atoms with Gasteiger partial charge in [0, 0.05) is 0 Å². The summed E-state index contributed by atoms with van der Waals surface area (Å²) in [5.41, 5.74) is 6.36. The lowest BCUT2D eigenvalue weighted by atomic mass is 10.0. The van der Waals surface area contributed by atoms with Crippen LogP contribution < -0.4 is 9.47 Å². The van der Waals surface area contributed by atoms with E-state index >= 15 is 0 Å². The molecular weight excluding hydrogens is 701 g/mol. The second-order valence-electron chi connectivity index (χ2n) is 12.8.